The number of nitrogens with zero attached hydrogens (tertiary/aromatic N) is 4. The molecule has 1 saturated heterocycles. The molecule has 1 aliphatic carbocycles. The van der Waals surface area contributed by atoms with Crippen molar-refractivity contribution in [2.24, 2.45) is 11.8 Å². The minimum Gasteiger partial charge on any atom is -0.474 e. The lowest BCUT2D eigenvalue weighted by atomic mass is 9.93. The number of piperidine rings is 1. The molecule has 0 radical (unpaired) electrons. The van der Waals surface area contributed by atoms with Crippen LogP contribution in [0.5, 0.6) is 5.88 Å². The summed E-state index contributed by atoms with van der Waals surface area (Å²) < 4.78 is 26.5. The number of thiazole rings is 1. The van der Waals surface area contributed by atoms with Gasteiger partial charge < -0.3 is 19.7 Å². The summed E-state index contributed by atoms with van der Waals surface area (Å²) in [5, 5.41) is 13.4. The fourth-order valence-electron chi connectivity index (χ4n) is 6.27. The van der Waals surface area contributed by atoms with Crippen molar-refractivity contribution in [1.29, 1.82) is 5.26 Å². The number of hydrogen-bond donors (Lipinski definition) is 1. The molecule has 2 amide bonds. The van der Waals surface area contributed by atoms with Crippen molar-refractivity contribution in [3.63, 3.8) is 0 Å². The van der Waals surface area contributed by atoms with Gasteiger partial charge in [0.2, 0.25) is 5.88 Å². The van der Waals surface area contributed by atoms with Gasteiger partial charge in [0, 0.05) is 42.1 Å². The molecule has 2 aromatic heterocycles. The summed E-state index contributed by atoms with van der Waals surface area (Å²) in [6.07, 6.45) is -0.703. The molecule has 3 heterocycles. The Morgan fingerprint density at radius 3 is 2.48 bits per heavy atom. The number of carbonyl (C=O) groups is 2. The molecular formula is C37H32FN5O4S. The number of amides is 2. The number of halogens is 1. The number of fused-ring (bicyclic) bond motifs is 2. The molecule has 1 unspecified atom stereocenters. The molecule has 1 aliphatic heterocycles. The highest BCUT2D eigenvalue weighted by Crippen LogP contribution is 2.48. The Morgan fingerprint density at radius 2 is 1.77 bits per heavy atom. The summed E-state index contributed by atoms with van der Waals surface area (Å²) in [4.78, 5) is 37.3. The van der Waals surface area contributed by atoms with Crippen molar-refractivity contribution in [2.45, 2.75) is 39.0 Å². The van der Waals surface area contributed by atoms with Crippen molar-refractivity contribution < 1.29 is 23.5 Å². The number of aryl methyl sites for hydroxylation is 1. The van der Waals surface area contributed by atoms with Crippen LogP contribution in [0.2, 0.25) is 0 Å². The minimum atomic E-state index is -0.869. The first-order valence-corrected chi connectivity index (χ1v) is 16.4. The second-order valence-electron chi connectivity index (χ2n) is 12.7. The molecule has 0 spiro atoms. The van der Waals surface area contributed by atoms with Gasteiger partial charge in [0.05, 0.1) is 32.0 Å². The number of hydrogen-bond acceptors (Lipinski definition) is 8. The predicted molar refractivity (Wildman–Crippen MR) is 179 cm³/mol. The third-order valence-corrected chi connectivity index (χ3v) is 9.84. The summed E-state index contributed by atoms with van der Waals surface area (Å²) >= 11 is 1.47. The summed E-state index contributed by atoms with van der Waals surface area (Å²) in [5.74, 6) is 0.179. The van der Waals surface area contributed by atoms with Gasteiger partial charge in [-0.2, -0.15) is 5.26 Å². The van der Waals surface area contributed by atoms with Gasteiger partial charge in [0.15, 0.2) is 0 Å². The van der Waals surface area contributed by atoms with Gasteiger partial charge in [-0.05, 0) is 74.4 Å². The molecule has 3 atom stereocenters. The zero-order valence-corrected chi connectivity index (χ0v) is 27.4. The second kappa shape index (κ2) is 12.4. The van der Waals surface area contributed by atoms with Gasteiger partial charge in [0.25, 0.3) is 5.91 Å². The van der Waals surface area contributed by atoms with E-state index in [1.165, 1.54) is 23.5 Å². The van der Waals surface area contributed by atoms with Crippen LogP contribution in [0.15, 0.2) is 78.9 Å². The van der Waals surface area contributed by atoms with E-state index in [9.17, 15) is 19.2 Å². The Balaban J connectivity index is 1.06. The van der Waals surface area contributed by atoms with Crippen LogP contribution in [0.1, 0.15) is 45.9 Å². The van der Waals surface area contributed by atoms with E-state index >= 15 is 0 Å². The Kier molecular flexibility index (Phi) is 8.05. The van der Waals surface area contributed by atoms with Gasteiger partial charge >= 0.3 is 6.09 Å². The van der Waals surface area contributed by atoms with E-state index in [0.29, 0.717) is 46.9 Å². The van der Waals surface area contributed by atoms with E-state index in [1.54, 1.807) is 24.3 Å². The number of aromatic nitrogens is 2. The first-order chi connectivity index (χ1) is 23.1. The van der Waals surface area contributed by atoms with E-state index in [-0.39, 0.29) is 36.3 Å². The summed E-state index contributed by atoms with van der Waals surface area (Å²) in [6.45, 7) is 6.80. The number of likely N-dealkylation sites (tertiary alicyclic amines) is 1. The van der Waals surface area contributed by atoms with E-state index in [2.05, 4.69) is 16.4 Å². The monoisotopic (exact) mass is 661 g/mol. The van der Waals surface area contributed by atoms with E-state index in [1.807, 2.05) is 68.1 Å². The zero-order chi connectivity index (χ0) is 33.6. The van der Waals surface area contributed by atoms with Gasteiger partial charge in [-0.25, -0.2) is 19.2 Å². The van der Waals surface area contributed by atoms with Gasteiger partial charge in [-0.1, -0.05) is 30.3 Å². The third-order valence-electron chi connectivity index (χ3n) is 8.92. The first-order valence-electron chi connectivity index (χ1n) is 15.6. The zero-order valence-electron chi connectivity index (χ0n) is 26.6. The van der Waals surface area contributed by atoms with Crippen molar-refractivity contribution in [1.82, 2.24) is 20.2 Å². The summed E-state index contributed by atoms with van der Waals surface area (Å²) in [7, 11) is 0. The highest BCUT2D eigenvalue weighted by molar-refractivity contribution is 7.18. The van der Waals surface area contributed by atoms with Gasteiger partial charge in [0.1, 0.15) is 24.6 Å². The number of alkyl carbamates (subject to hydrolysis) is 1. The second-order valence-corrected chi connectivity index (χ2v) is 14.0. The normalized spacial score (nSPS) is 18.2. The van der Waals surface area contributed by atoms with Crippen LogP contribution in [0.4, 0.5) is 9.18 Å². The van der Waals surface area contributed by atoms with Crippen LogP contribution in [-0.2, 0) is 16.9 Å². The number of carbonyl (C=O) groups excluding carboxylic acids is 2. The lowest BCUT2D eigenvalue weighted by Crippen LogP contribution is -2.41. The van der Waals surface area contributed by atoms with E-state index in [4.69, 9.17) is 14.5 Å². The topological polar surface area (TPSA) is 117 Å². The van der Waals surface area contributed by atoms with Crippen LogP contribution in [0, 0.1) is 35.9 Å². The highest BCUT2D eigenvalue weighted by Gasteiger charge is 2.59. The molecular weight excluding hydrogens is 630 g/mol. The maximum atomic E-state index is 13.8. The standard InChI is InChI=1S/C37H32FN5O4S/c1-21-40-33-25(17-39)13-24(14-31(33)48-21)35(44)43-18-28-29(19-43)34(28)47-32-16-26(15-30(41-32)23-9-11-27(38)12-10-23)37(2,3)42-36(45)46-20-22-7-5-4-6-8-22/h4-16,28-29,34H,18-20H2,1-3H3,(H,42,45)/t28-,29+,34?. The largest absolute Gasteiger partial charge is 0.474 e. The van der Waals surface area contributed by atoms with Crippen LogP contribution in [-0.4, -0.2) is 46.1 Å². The molecule has 5 aromatic rings. The summed E-state index contributed by atoms with van der Waals surface area (Å²) in [5.41, 5.74) is 3.52. The maximum absolute atomic E-state index is 13.8. The molecule has 242 valence electrons. The molecule has 48 heavy (non-hydrogen) atoms. The first kappa shape index (κ1) is 31.3. The Morgan fingerprint density at radius 1 is 1.04 bits per heavy atom. The van der Waals surface area contributed by atoms with E-state index in [0.717, 1.165) is 20.8 Å². The quantitative estimate of drug-likeness (QED) is 0.191. The number of rotatable bonds is 8. The molecule has 0 bridgehead atoms. The lowest BCUT2D eigenvalue weighted by molar-refractivity contribution is 0.0751. The van der Waals surface area contributed by atoms with Crippen LogP contribution < -0.4 is 10.1 Å². The number of pyridine rings is 1. The SMILES string of the molecule is Cc1nc2c(C#N)cc(C(=O)N3C[C@@H]4C(Oc5cc(C(C)(C)NC(=O)OCc6ccccc6)cc(-c6ccc(F)cc6)n5)[C@@H]4C3)cc2s1. The van der Waals surface area contributed by atoms with Crippen molar-refractivity contribution in [2.75, 3.05) is 13.1 Å². The molecule has 7 rings (SSSR count). The lowest BCUT2D eigenvalue weighted by Gasteiger charge is -2.27. The van der Waals surface area contributed by atoms with Crippen LogP contribution in [0.3, 0.4) is 0 Å². The molecule has 1 N–H and O–H groups in total. The molecule has 2 fully saturated rings. The smallest absolute Gasteiger partial charge is 0.408 e. The predicted octanol–water partition coefficient (Wildman–Crippen LogP) is 6.99. The summed E-state index contributed by atoms with van der Waals surface area (Å²) in [6, 6.07) is 24.8. The number of ether oxygens (including phenoxy) is 2. The van der Waals surface area contributed by atoms with Crippen LogP contribution >= 0.6 is 11.3 Å². The van der Waals surface area contributed by atoms with Gasteiger partial charge in [-0.15, -0.1) is 11.3 Å². The minimum absolute atomic E-state index is 0.115. The Bertz CT molecular complexity index is 2060. The average Bonchev–Trinajstić information content (AvgIpc) is 3.37. The third kappa shape index (κ3) is 6.31. The molecule has 3 aromatic carbocycles. The molecule has 9 nitrogen and oxygen atoms in total. The number of nitriles is 1. The molecule has 11 heteroatoms. The van der Waals surface area contributed by atoms with Gasteiger partial charge in [-0.3, -0.25) is 4.79 Å². The van der Waals surface area contributed by atoms with Crippen molar-refractivity contribution in [3.05, 3.63) is 112 Å². The fraction of sp³-hybridized carbons (Fsp3) is 0.270. The Labute approximate surface area is 281 Å². The highest BCUT2D eigenvalue weighted by atomic mass is 32.1. The van der Waals surface area contributed by atoms with Crippen molar-refractivity contribution in [3.8, 4) is 23.2 Å². The Hall–Kier alpha value is -5.34. The average molecular weight is 662 g/mol. The molecule has 2 aliphatic rings. The fourth-order valence-corrected chi connectivity index (χ4v) is 7.16. The van der Waals surface area contributed by atoms with Crippen LogP contribution in [0.25, 0.3) is 21.5 Å². The number of nitrogens with one attached hydrogen (secondary N) is 1. The molecule has 1 saturated carbocycles. The number of benzene rings is 3. The maximum Gasteiger partial charge on any atom is 0.408 e. The van der Waals surface area contributed by atoms with Crippen molar-refractivity contribution >= 4 is 33.6 Å². The van der Waals surface area contributed by atoms with E-state index < -0.39 is 11.6 Å².